The lowest BCUT2D eigenvalue weighted by Crippen LogP contribution is -2.48. The normalized spacial score (nSPS) is 20.1. The van der Waals surface area contributed by atoms with Crippen molar-refractivity contribution in [2.24, 2.45) is 5.14 Å². The van der Waals surface area contributed by atoms with Gasteiger partial charge in [-0.05, 0) is 26.7 Å². The van der Waals surface area contributed by atoms with Gasteiger partial charge in [-0.25, -0.2) is 15.1 Å². The first-order chi connectivity index (χ1) is 11.2. The first-order valence-corrected chi connectivity index (χ1v) is 9.11. The van der Waals surface area contributed by atoms with Crippen molar-refractivity contribution in [3.05, 3.63) is 6.33 Å². The lowest BCUT2D eigenvalue weighted by Gasteiger charge is -2.36. The van der Waals surface area contributed by atoms with Crippen LogP contribution in [0.3, 0.4) is 0 Å². The molecule has 0 bridgehead atoms. The van der Waals surface area contributed by atoms with Crippen LogP contribution in [0.4, 0.5) is 11.6 Å². The maximum absolute atomic E-state index is 12.0. The number of rotatable bonds is 3. The van der Waals surface area contributed by atoms with Gasteiger partial charge < -0.3 is 15.0 Å². The molecule has 0 radical (unpaired) electrons. The number of halogens is 1. The molecule has 10 nitrogen and oxygen atoms in total. The van der Waals surface area contributed by atoms with Crippen LogP contribution in [0.5, 0.6) is 5.75 Å². The predicted octanol–water partition coefficient (Wildman–Crippen LogP) is -0.230. The number of ether oxygens (including phenoxy) is 1. The first-order valence-electron chi connectivity index (χ1n) is 7.56. The predicted molar refractivity (Wildman–Crippen MR) is 94.1 cm³/mol. The van der Waals surface area contributed by atoms with Gasteiger partial charge in [-0.3, -0.25) is 4.79 Å². The number of fused-ring (bicyclic) bond motifs is 1. The van der Waals surface area contributed by atoms with Gasteiger partial charge in [0.15, 0.2) is 17.2 Å². The Morgan fingerprint density at radius 1 is 1.36 bits per heavy atom. The van der Waals surface area contributed by atoms with Gasteiger partial charge in [0.2, 0.25) is 5.75 Å². The molecule has 2 aliphatic heterocycles. The number of nitrogens with one attached hydrogen (secondary N) is 2. The molecule has 0 aromatic carbocycles. The third kappa shape index (κ3) is 4.29. The molecule has 0 unspecified atom stereocenters. The molecule has 1 aromatic rings. The van der Waals surface area contributed by atoms with Crippen molar-refractivity contribution >= 4 is 40.2 Å². The van der Waals surface area contributed by atoms with Crippen LogP contribution in [0, 0.1) is 0 Å². The van der Waals surface area contributed by atoms with Crippen molar-refractivity contribution in [2.45, 2.75) is 38.3 Å². The average molecular weight is 393 g/mol. The van der Waals surface area contributed by atoms with E-state index in [0.29, 0.717) is 43.3 Å². The summed E-state index contributed by atoms with van der Waals surface area (Å²) in [5.41, 5.74) is -1.01. The quantitative estimate of drug-likeness (QED) is 0.645. The Morgan fingerprint density at radius 2 is 2.00 bits per heavy atom. The zero-order chi connectivity index (χ0) is 17.5. The Morgan fingerprint density at radius 3 is 2.60 bits per heavy atom. The number of carbonyl (C=O) groups is 1. The van der Waals surface area contributed by atoms with Gasteiger partial charge in [-0.2, -0.15) is 13.1 Å². The molecule has 0 atom stereocenters. The highest BCUT2D eigenvalue weighted by atomic mass is 35.5. The van der Waals surface area contributed by atoms with Crippen molar-refractivity contribution in [1.82, 2.24) is 14.7 Å². The zero-order valence-electron chi connectivity index (χ0n) is 13.9. The third-order valence-corrected chi connectivity index (χ3v) is 4.71. The Balaban J connectivity index is 0.00000225. The molecule has 2 aliphatic rings. The van der Waals surface area contributed by atoms with Crippen molar-refractivity contribution in [3.8, 4) is 5.75 Å². The highest BCUT2D eigenvalue weighted by Gasteiger charge is 2.39. The van der Waals surface area contributed by atoms with E-state index in [4.69, 9.17) is 9.88 Å². The largest absolute Gasteiger partial charge is 0.470 e. The molecule has 1 amide bonds. The van der Waals surface area contributed by atoms with Crippen LogP contribution < -0.4 is 24.8 Å². The summed E-state index contributed by atoms with van der Waals surface area (Å²) in [5.74, 6) is 1.09. The van der Waals surface area contributed by atoms with Crippen molar-refractivity contribution in [1.29, 1.82) is 0 Å². The van der Waals surface area contributed by atoms with Crippen molar-refractivity contribution in [3.63, 3.8) is 0 Å². The molecule has 4 N–H and O–H groups in total. The molecule has 1 fully saturated rings. The maximum atomic E-state index is 12.0. The Kier molecular flexibility index (Phi) is 5.42. The van der Waals surface area contributed by atoms with E-state index in [1.807, 2.05) is 4.90 Å². The van der Waals surface area contributed by atoms with E-state index in [1.54, 1.807) is 13.8 Å². The lowest BCUT2D eigenvalue weighted by atomic mass is 10.1. The minimum Gasteiger partial charge on any atom is -0.470 e. The van der Waals surface area contributed by atoms with Gasteiger partial charge in [0.1, 0.15) is 6.33 Å². The van der Waals surface area contributed by atoms with Crippen LogP contribution in [0.1, 0.15) is 26.7 Å². The van der Waals surface area contributed by atoms with Crippen LogP contribution in [0.25, 0.3) is 0 Å². The number of aromatic nitrogens is 2. The van der Waals surface area contributed by atoms with Crippen LogP contribution >= 0.6 is 12.4 Å². The second kappa shape index (κ2) is 6.90. The van der Waals surface area contributed by atoms with Gasteiger partial charge in [0.25, 0.3) is 16.1 Å². The average Bonchev–Trinajstić information content (AvgIpc) is 2.47. The molecule has 0 aliphatic carbocycles. The molecule has 3 rings (SSSR count). The van der Waals surface area contributed by atoms with Gasteiger partial charge in [0.05, 0.1) is 0 Å². The van der Waals surface area contributed by atoms with Crippen molar-refractivity contribution < 1.29 is 17.9 Å². The Hall–Kier alpha value is -1.69. The number of hydrogen-bond donors (Lipinski definition) is 3. The standard InChI is InChI=1S/C13H20N6O4S.ClH/c1-13(2)12(20)17-10-9(23-13)11(16-7-15-10)19-5-3-8(4-6-19)18-24(14,21)22;/h7-8,18H,3-6H2,1-2H3,(H2,14,21,22)(H,15,16,17,20);1H. The summed E-state index contributed by atoms with van der Waals surface area (Å²) in [6.07, 6.45) is 2.54. The van der Waals surface area contributed by atoms with Crippen LogP contribution in [-0.4, -0.2) is 49.0 Å². The summed E-state index contributed by atoms with van der Waals surface area (Å²) < 4.78 is 30.5. The SMILES string of the molecule is CC1(C)Oc2c(ncnc2N2CCC(NS(N)(=O)=O)CC2)NC1=O.Cl. The summed E-state index contributed by atoms with van der Waals surface area (Å²) in [4.78, 5) is 22.3. The minimum atomic E-state index is -3.71. The number of nitrogens with zero attached hydrogens (tertiary/aromatic N) is 3. The van der Waals surface area contributed by atoms with Crippen molar-refractivity contribution in [2.75, 3.05) is 23.3 Å². The van der Waals surface area contributed by atoms with E-state index in [9.17, 15) is 13.2 Å². The third-order valence-electron chi connectivity index (χ3n) is 4.05. The topological polar surface area (TPSA) is 140 Å². The first kappa shape index (κ1) is 19.6. The van der Waals surface area contributed by atoms with Gasteiger partial charge in [-0.15, -0.1) is 12.4 Å². The molecule has 3 heterocycles. The van der Waals surface area contributed by atoms with Crippen LogP contribution in [0.2, 0.25) is 0 Å². The van der Waals surface area contributed by atoms with E-state index >= 15 is 0 Å². The molecule has 1 aromatic heterocycles. The Labute approximate surface area is 152 Å². The number of nitrogens with two attached hydrogens (primary N) is 1. The molecular formula is C13H21ClN6O4S. The lowest BCUT2D eigenvalue weighted by molar-refractivity contribution is -0.129. The maximum Gasteiger partial charge on any atom is 0.274 e. The summed E-state index contributed by atoms with van der Waals surface area (Å²) in [5, 5.41) is 7.73. The van der Waals surface area contributed by atoms with E-state index in [0.717, 1.165) is 0 Å². The molecule has 12 heteroatoms. The molecule has 1 saturated heterocycles. The highest BCUT2D eigenvalue weighted by Crippen LogP contribution is 2.39. The van der Waals surface area contributed by atoms with E-state index in [-0.39, 0.29) is 24.4 Å². The highest BCUT2D eigenvalue weighted by molar-refractivity contribution is 7.87. The summed E-state index contributed by atoms with van der Waals surface area (Å²) in [7, 11) is -3.71. The van der Waals surface area contributed by atoms with E-state index < -0.39 is 15.8 Å². The number of anilines is 2. The molecule has 25 heavy (non-hydrogen) atoms. The molecule has 140 valence electrons. The number of carbonyl (C=O) groups excluding carboxylic acids is 1. The second-order valence-electron chi connectivity index (χ2n) is 6.37. The van der Waals surface area contributed by atoms with Gasteiger partial charge in [-0.1, -0.05) is 0 Å². The molecule has 0 saturated carbocycles. The monoisotopic (exact) mass is 392 g/mol. The Bertz CT molecular complexity index is 764. The van der Waals surface area contributed by atoms with Gasteiger partial charge >= 0.3 is 0 Å². The fourth-order valence-corrected chi connectivity index (χ4v) is 3.47. The number of amides is 1. The molecular weight excluding hydrogens is 372 g/mol. The smallest absolute Gasteiger partial charge is 0.274 e. The second-order valence-corrected chi connectivity index (χ2v) is 7.69. The summed E-state index contributed by atoms with van der Waals surface area (Å²) >= 11 is 0. The molecule has 0 spiro atoms. The zero-order valence-corrected chi connectivity index (χ0v) is 15.5. The number of hydrogen-bond acceptors (Lipinski definition) is 7. The van der Waals surface area contributed by atoms with Crippen LogP contribution in [0.15, 0.2) is 6.33 Å². The van der Waals surface area contributed by atoms with E-state index in [1.165, 1.54) is 6.33 Å². The summed E-state index contributed by atoms with van der Waals surface area (Å²) in [6, 6.07) is -0.203. The number of piperidine rings is 1. The fourth-order valence-electron chi connectivity index (χ4n) is 2.77. The fraction of sp³-hybridized carbons (Fsp3) is 0.615. The van der Waals surface area contributed by atoms with E-state index in [2.05, 4.69) is 20.0 Å². The van der Waals surface area contributed by atoms with Gasteiger partial charge in [0, 0.05) is 19.1 Å². The summed E-state index contributed by atoms with van der Waals surface area (Å²) in [6.45, 7) is 4.50. The minimum absolute atomic E-state index is 0. The van der Waals surface area contributed by atoms with Crippen LogP contribution in [-0.2, 0) is 15.0 Å².